The zero-order valence-electron chi connectivity index (χ0n) is 8.52. The Bertz CT molecular complexity index is 401. The van der Waals surface area contributed by atoms with Gasteiger partial charge in [-0.15, -0.1) is 0 Å². The van der Waals surface area contributed by atoms with Gasteiger partial charge in [0.25, 0.3) is 0 Å². The van der Waals surface area contributed by atoms with Crippen LogP contribution in [-0.2, 0) is 9.59 Å². The van der Waals surface area contributed by atoms with Crippen molar-refractivity contribution in [3.8, 4) is 5.75 Å². The summed E-state index contributed by atoms with van der Waals surface area (Å²) in [5.74, 6) is -0.974. The number of carbonyl (C=O) groups is 2. The minimum absolute atomic E-state index is 0.153. The molecule has 0 spiro atoms. The lowest BCUT2D eigenvalue weighted by Crippen LogP contribution is -2.32. The largest absolute Gasteiger partial charge is 0.506 e. The zero-order chi connectivity index (χ0) is 11.6. The second kappa shape index (κ2) is 4.00. The minimum Gasteiger partial charge on any atom is -0.506 e. The molecule has 2 amide bonds. The number of anilines is 2. The normalized spacial score (nSPS) is 9.73. The van der Waals surface area contributed by atoms with E-state index in [1.54, 1.807) is 0 Å². The molecule has 0 atom stereocenters. The predicted molar refractivity (Wildman–Crippen MR) is 56.4 cm³/mol. The number of amides is 2. The number of nitrogens with zero attached hydrogens (tertiary/aromatic N) is 1. The summed E-state index contributed by atoms with van der Waals surface area (Å²) in [6, 6.07) is 4.21. The Labute approximate surface area is 87.1 Å². The molecule has 15 heavy (non-hydrogen) atoms. The molecule has 0 heterocycles. The molecule has 0 fully saturated rings. The molecule has 3 N–H and O–H groups in total. The van der Waals surface area contributed by atoms with Crippen LogP contribution in [0.2, 0.25) is 0 Å². The second-order valence-corrected chi connectivity index (χ2v) is 3.12. The Morgan fingerprint density at radius 1 is 1.27 bits per heavy atom. The van der Waals surface area contributed by atoms with E-state index in [0.717, 1.165) is 4.90 Å². The number of carbonyl (C=O) groups excluding carboxylic acids is 2. The van der Waals surface area contributed by atoms with Crippen molar-refractivity contribution in [2.24, 2.45) is 0 Å². The highest BCUT2D eigenvalue weighted by molar-refractivity contribution is 6.13. The predicted octanol–water partition coefficient (Wildman–Crippen LogP) is 0.874. The summed E-state index contributed by atoms with van der Waals surface area (Å²) in [5.41, 5.74) is 5.91. The van der Waals surface area contributed by atoms with Gasteiger partial charge < -0.3 is 10.8 Å². The number of nitrogens with two attached hydrogens (primary N) is 1. The van der Waals surface area contributed by atoms with Gasteiger partial charge in [0.15, 0.2) is 0 Å². The van der Waals surface area contributed by atoms with Gasteiger partial charge in [0.1, 0.15) is 5.75 Å². The molecular formula is C10H12N2O3. The summed E-state index contributed by atoms with van der Waals surface area (Å²) in [6.07, 6.45) is 0. The lowest BCUT2D eigenvalue weighted by atomic mass is 10.2. The van der Waals surface area contributed by atoms with E-state index < -0.39 is 11.8 Å². The highest BCUT2D eigenvalue weighted by Gasteiger charge is 2.16. The molecule has 0 aliphatic carbocycles. The van der Waals surface area contributed by atoms with E-state index in [2.05, 4.69) is 0 Å². The SMILES string of the molecule is CC(=O)N(C(C)=O)c1ccc(N)c(O)c1. The highest BCUT2D eigenvalue weighted by atomic mass is 16.3. The number of benzene rings is 1. The number of aromatic hydroxyl groups is 1. The number of nitrogen functional groups attached to an aromatic ring is 1. The third-order valence-electron chi connectivity index (χ3n) is 1.90. The number of phenolic OH excluding ortho intramolecular Hbond substituents is 1. The van der Waals surface area contributed by atoms with Crippen LogP contribution in [0.15, 0.2) is 18.2 Å². The van der Waals surface area contributed by atoms with Crippen LogP contribution in [0.3, 0.4) is 0 Å². The molecule has 5 heteroatoms. The monoisotopic (exact) mass is 208 g/mol. The van der Waals surface area contributed by atoms with Crippen molar-refractivity contribution in [3.63, 3.8) is 0 Å². The van der Waals surface area contributed by atoms with Gasteiger partial charge in [-0.1, -0.05) is 0 Å². The minimum atomic E-state index is -0.410. The van der Waals surface area contributed by atoms with Crippen LogP contribution in [0.4, 0.5) is 11.4 Å². The fraction of sp³-hybridized carbons (Fsp3) is 0.200. The van der Waals surface area contributed by atoms with Crippen LogP contribution in [-0.4, -0.2) is 16.9 Å². The van der Waals surface area contributed by atoms with Gasteiger partial charge in [-0.2, -0.15) is 0 Å². The number of rotatable bonds is 1. The smallest absolute Gasteiger partial charge is 0.230 e. The summed E-state index contributed by atoms with van der Waals surface area (Å²) < 4.78 is 0. The topological polar surface area (TPSA) is 83.6 Å². The van der Waals surface area contributed by atoms with E-state index in [4.69, 9.17) is 5.73 Å². The fourth-order valence-corrected chi connectivity index (χ4v) is 1.26. The molecule has 0 aromatic heterocycles. The first-order valence-electron chi connectivity index (χ1n) is 4.33. The van der Waals surface area contributed by atoms with E-state index in [1.807, 2.05) is 0 Å². The molecule has 80 valence electrons. The summed E-state index contributed by atoms with van der Waals surface area (Å²) in [4.78, 5) is 23.3. The number of hydrogen-bond acceptors (Lipinski definition) is 4. The Hall–Kier alpha value is -2.04. The quantitative estimate of drug-likeness (QED) is 0.530. The maximum Gasteiger partial charge on any atom is 0.230 e. The van der Waals surface area contributed by atoms with Crippen LogP contribution >= 0.6 is 0 Å². The summed E-state index contributed by atoms with van der Waals surface area (Å²) in [5, 5.41) is 9.34. The number of phenols is 1. The first-order chi connectivity index (χ1) is 6.93. The maximum atomic E-state index is 11.2. The van der Waals surface area contributed by atoms with Crippen LogP contribution < -0.4 is 10.6 Å². The van der Waals surface area contributed by atoms with Crippen LogP contribution in [0.5, 0.6) is 5.75 Å². The Balaban J connectivity index is 3.18. The van der Waals surface area contributed by atoms with E-state index in [9.17, 15) is 14.7 Å². The van der Waals surface area contributed by atoms with Crippen LogP contribution in [0.25, 0.3) is 0 Å². The van der Waals surface area contributed by atoms with Crippen molar-refractivity contribution in [2.45, 2.75) is 13.8 Å². The summed E-state index contributed by atoms with van der Waals surface area (Å²) in [6.45, 7) is 2.55. The lowest BCUT2D eigenvalue weighted by Gasteiger charge is -2.17. The van der Waals surface area contributed by atoms with Crippen molar-refractivity contribution in [1.29, 1.82) is 0 Å². The van der Waals surface area contributed by atoms with E-state index in [0.29, 0.717) is 5.69 Å². The van der Waals surface area contributed by atoms with Crippen molar-refractivity contribution in [2.75, 3.05) is 10.6 Å². The third kappa shape index (κ3) is 2.25. The van der Waals surface area contributed by atoms with Gasteiger partial charge >= 0.3 is 0 Å². The Morgan fingerprint density at radius 2 is 1.80 bits per heavy atom. The molecule has 1 aromatic rings. The van der Waals surface area contributed by atoms with Gasteiger partial charge in [0.05, 0.1) is 11.4 Å². The average Bonchev–Trinajstić information content (AvgIpc) is 2.10. The van der Waals surface area contributed by atoms with Gasteiger partial charge in [-0.3, -0.25) is 14.5 Å². The zero-order valence-corrected chi connectivity index (χ0v) is 8.52. The summed E-state index contributed by atoms with van der Waals surface area (Å²) in [7, 11) is 0. The standard InChI is InChI=1S/C10H12N2O3/c1-6(13)12(7(2)14)8-3-4-9(11)10(15)5-8/h3-5,15H,11H2,1-2H3. The molecule has 0 radical (unpaired) electrons. The lowest BCUT2D eigenvalue weighted by molar-refractivity contribution is -0.124. The summed E-state index contributed by atoms with van der Waals surface area (Å²) >= 11 is 0. The molecule has 5 nitrogen and oxygen atoms in total. The first kappa shape index (κ1) is 11.0. The van der Waals surface area contributed by atoms with Crippen molar-refractivity contribution in [1.82, 2.24) is 0 Å². The van der Waals surface area contributed by atoms with E-state index >= 15 is 0 Å². The molecule has 1 aromatic carbocycles. The van der Waals surface area contributed by atoms with E-state index in [1.165, 1.54) is 32.0 Å². The van der Waals surface area contributed by atoms with Crippen molar-refractivity contribution in [3.05, 3.63) is 18.2 Å². The molecular weight excluding hydrogens is 196 g/mol. The molecule has 0 saturated heterocycles. The van der Waals surface area contributed by atoms with E-state index in [-0.39, 0.29) is 11.4 Å². The van der Waals surface area contributed by atoms with Crippen molar-refractivity contribution >= 4 is 23.2 Å². The number of imide groups is 1. The van der Waals surface area contributed by atoms with Crippen LogP contribution in [0.1, 0.15) is 13.8 Å². The molecule has 0 bridgehead atoms. The molecule has 1 rings (SSSR count). The Morgan fingerprint density at radius 3 is 2.20 bits per heavy atom. The molecule has 0 saturated carbocycles. The highest BCUT2D eigenvalue weighted by Crippen LogP contribution is 2.26. The van der Waals surface area contributed by atoms with Crippen molar-refractivity contribution < 1.29 is 14.7 Å². The molecule has 0 aliphatic heterocycles. The van der Waals surface area contributed by atoms with Gasteiger partial charge in [-0.25, -0.2) is 0 Å². The maximum absolute atomic E-state index is 11.2. The Kier molecular flexibility index (Phi) is 2.94. The van der Waals surface area contributed by atoms with Gasteiger partial charge in [-0.05, 0) is 12.1 Å². The number of hydrogen-bond donors (Lipinski definition) is 2. The molecule has 0 unspecified atom stereocenters. The third-order valence-corrected chi connectivity index (χ3v) is 1.90. The van der Waals surface area contributed by atoms with Gasteiger partial charge in [0.2, 0.25) is 11.8 Å². The first-order valence-corrected chi connectivity index (χ1v) is 4.33. The van der Waals surface area contributed by atoms with Gasteiger partial charge in [0, 0.05) is 19.9 Å². The van der Waals surface area contributed by atoms with Crippen LogP contribution in [0, 0.1) is 0 Å². The average molecular weight is 208 g/mol. The fourth-order valence-electron chi connectivity index (χ4n) is 1.26. The second-order valence-electron chi connectivity index (χ2n) is 3.12. The molecule has 0 aliphatic rings.